The van der Waals surface area contributed by atoms with Crippen molar-refractivity contribution in [2.24, 2.45) is 0 Å². The molecular formula is C15H21NO. The van der Waals surface area contributed by atoms with Gasteiger partial charge in [-0.2, -0.15) is 0 Å². The lowest BCUT2D eigenvalue weighted by Gasteiger charge is -2.37. The van der Waals surface area contributed by atoms with Crippen LogP contribution >= 0.6 is 0 Å². The number of hydrogen-bond donors (Lipinski definition) is 1. The lowest BCUT2D eigenvalue weighted by molar-refractivity contribution is 0.0127. The quantitative estimate of drug-likeness (QED) is 0.802. The molecule has 0 bridgehead atoms. The first-order chi connectivity index (χ1) is 8.14. The highest BCUT2D eigenvalue weighted by Crippen LogP contribution is 2.28. The average Bonchev–Trinajstić information content (AvgIpc) is 2.74. The average molecular weight is 231 g/mol. The fraction of sp³-hybridized carbons (Fsp3) is 0.600. The molecule has 2 aliphatic rings. The Morgan fingerprint density at radius 2 is 2.06 bits per heavy atom. The van der Waals surface area contributed by atoms with Crippen molar-refractivity contribution in [3.8, 4) is 0 Å². The summed E-state index contributed by atoms with van der Waals surface area (Å²) in [4.78, 5) is 0. The van der Waals surface area contributed by atoms with E-state index in [1.54, 1.807) is 11.1 Å². The molecule has 1 saturated heterocycles. The molecular weight excluding hydrogens is 210 g/mol. The van der Waals surface area contributed by atoms with Crippen molar-refractivity contribution in [2.45, 2.75) is 44.7 Å². The van der Waals surface area contributed by atoms with Crippen LogP contribution in [0.25, 0.3) is 0 Å². The molecule has 1 N–H and O–H groups in total. The van der Waals surface area contributed by atoms with Gasteiger partial charge in [0.1, 0.15) is 0 Å². The molecule has 2 heteroatoms. The number of fused-ring (bicyclic) bond motifs is 1. The summed E-state index contributed by atoms with van der Waals surface area (Å²) in [7, 11) is 0. The maximum atomic E-state index is 5.71. The molecule has 1 atom stereocenters. The molecule has 0 spiro atoms. The van der Waals surface area contributed by atoms with E-state index < -0.39 is 0 Å². The van der Waals surface area contributed by atoms with Gasteiger partial charge < -0.3 is 10.1 Å². The van der Waals surface area contributed by atoms with Crippen LogP contribution < -0.4 is 5.32 Å². The third kappa shape index (κ3) is 2.24. The molecule has 0 radical (unpaired) electrons. The number of aryl methyl sites for hydroxylation is 2. The summed E-state index contributed by atoms with van der Waals surface area (Å²) < 4.78 is 5.71. The summed E-state index contributed by atoms with van der Waals surface area (Å²) >= 11 is 0. The van der Waals surface area contributed by atoms with Gasteiger partial charge in [-0.15, -0.1) is 0 Å². The van der Waals surface area contributed by atoms with Crippen LogP contribution in [0.1, 0.15) is 43.0 Å². The second-order valence-corrected chi connectivity index (χ2v) is 5.98. The summed E-state index contributed by atoms with van der Waals surface area (Å²) in [5, 5.41) is 3.68. The topological polar surface area (TPSA) is 21.3 Å². The van der Waals surface area contributed by atoms with E-state index in [1.165, 1.54) is 24.8 Å². The highest BCUT2D eigenvalue weighted by Gasteiger charge is 2.28. The lowest BCUT2D eigenvalue weighted by Crippen LogP contribution is -2.51. The van der Waals surface area contributed by atoms with Crippen LogP contribution in [-0.4, -0.2) is 18.8 Å². The standard InChI is InChI=1S/C15H21NO/c1-15(2)10-17-9-14(16-15)13-7-6-11-4-3-5-12(11)8-13/h6-8,14,16H,3-5,9-10H2,1-2H3. The molecule has 17 heavy (non-hydrogen) atoms. The van der Waals surface area contributed by atoms with E-state index in [4.69, 9.17) is 4.74 Å². The smallest absolute Gasteiger partial charge is 0.0662 e. The van der Waals surface area contributed by atoms with Gasteiger partial charge in [0.2, 0.25) is 0 Å². The van der Waals surface area contributed by atoms with Gasteiger partial charge in [-0.05, 0) is 49.8 Å². The number of ether oxygens (including phenoxy) is 1. The van der Waals surface area contributed by atoms with Crippen molar-refractivity contribution >= 4 is 0 Å². The number of hydrogen-bond acceptors (Lipinski definition) is 2. The molecule has 1 aromatic rings. The Bertz CT molecular complexity index is 425. The third-order valence-corrected chi connectivity index (χ3v) is 3.84. The van der Waals surface area contributed by atoms with Crippen LogP contribution in [0.15, 0.2) is 18.2 Å². The van der Waals surface area contributed by atoms with Crippen molar-refractivity contribution in [1.82, 2.24) is 5.32 Å². The van der Waals surface area contributed by atoms with E-state index in [9.17, 15) is 0 Å². The predicted octanol–water partition coefficient (Wildman–Crippen LogP) is 2.61. The molecule has 0 amide bonds. The van der Waals surface area contributed by atoms with Gasteiger partial charge in [0, 0.05) is 5.54 Å². The highest BCUT2D eigenvalue weighted by atomic mass is 16.5. The summed E-state index contributed by atoms with van der Waals surface area (Å²) in [5.41, 5.74) is 4.57. The van der Waals surface area contributed by atoms with Crippen LogP contribution in [0.3, 0.4) is 0 Å². The minimum Gasteiger partial charge on any atom is -0.378 e. The molecule has 1 aromatic carbocycles. The van der Waals surface area contributed by atoms with Crippen LogP contribution in [0.4, 0.5) is 0 Å². The molecule has 1 aliphatic heterocycles. The first-order valence-electron chi connectivity index (χ1n) is 6.61. The Hall–Kier alpha value is -0.860. The monoisotopic (exact) mass is 231 g/mol. The Labute approximate surface area is 103 Å². The Kier molecular flexibility index (Phi) is 2.72. The summed E-state index contributed by atoms with van der Waals surface area (Å²) in [6.45, 7) is 6.00. The molecule has 92 valence electrons. The van der Waals surface area contributed by atoms with Gasteiger partial charge in [0.05, 0.1) is 19.3 Å². The maximum Gasteiger partial charge on any atom is 0.0662 e. The Morgan fingerprint density at radius 3 is 2.88 bits per heavy atom. The minimum absolute atomic E-state index is 0.0852. The largest absolute Gasteiger partial charge is 0.378 e. The number of nitrogens with one attached hydrogen (secondary N) is 1. The molecule has 0 saturated carbocycles. The zero-order valence-electron chi connectivity index (χ0n) is 10.8. The second-order valence-electron chi connectivity index (χ2n) is 5.98. The van der Waals surface area contributed by atoms with Crippen molar-refractivity contribution in [1.29, 1.82) is 0 Å². The fourth-order valence-corrected chi connectivity index (χ4v) is 2.97. The SMILES string of the molecule is CC1(C)COCC(c2ccc3c(c2)CCC3)N1. The van der Waals surface area contributed by atoms with Crippen molar-refractivity contribution < 1.29 is 4.74 Å². The van der Waals surface area contributed by atoms with Gasteiger partial charge in [-0.1, -0.05) is 18.2 Å². The first kappa shape index (κ1) is 11.2. The summed E-state index contributed by atoms with van der Waals surface area (Å²) in [6.07, 6.45) is 3.83. The molecule has 2 nitrogen and oxygen atoms in total. The third-order valence-electron chi connectivity index (χ3n) is 3.84. The van der Waals surface area contributed by atoms with Gasteiger partial charge in [0.15, 0.2) is 0 Å². The lowest BCUT2D eigenvalue weighted by atomic mass is 9.96. The minimum atomic E-state index is 0.0852. The van der Waals surface area contributed by atoms with Crippen molar-refractivity contribution in [3.05, 3.63) is 34.9 Å². The molecule has 3 rings (SSSR count). The molecule has 1 aliphatic carbocycles. The summed E-state index contributed by atoms with van der Waals surface area (Å²) in [5.74, 6) is 0. The first-order valence-corrected chi connectivity index (χ1v) is 6.61. The molecule has 1 heterocycles. The fourth-order valence-electron chi connectivity index (χ4n) is 2.97. The second kappa shape index (κ2) is 4.11. The number of benzene rings is 1. The molecule has 0 aromatic heterocycles. The zero-order valence-corrected chi connectivity index (χ0v) is 10.8. The van der Waals surface area contributed by atoms with E-state index in [0.29, 0.717) is 6.04 Å². The van der Waals surface area contributed by atoms with Crippen LogP contribution in [-0.2, 0) is 17.6 Å². The maximum absolute atomic E-state index is 5.71. The summed E-state index contributed by atoms with van der Waals surface area (Å²) in [6, 6.07) is 7.31. The van der Waals surface area contributed by atoms with Gasteiger partial charge in [0.25, 0.3) is 0 Å². The van der Waals surface area contributed by atoms with Crippen molar-refractivity contribution in [2.75, 3.05) is 13.2 Å². The molecule has 1 unspecified atom stereocenters. The van der Waals surface area contributed by atoms with E-state index in [2.05, 4.69) is 37.4 Å². The van der Waals surface area contributed by atoms with Crippen molar-refractivity contribution in [3.63, 3.8) is 0 Å². The van der Waals surface area contributed by atoms with Crippen LogP contribution in [0, 0.1) is 0 Å². The van der Waals surface area contributed by atoms with Gasteiger partial charge in [-0.3, -0.25) is 0 Å². The van der Waals surface area contributed by atoms with Crippen LogP contribution in [0.2, 0.25) is 0 Å². The Balaban J connectivity index is 1.84. The predicted molar refractivity (Wildman–Crippen MR) is 69.2 cm³/mol. The van der Waals surface area contributed by atoms with Crippen LogP contribution in [0.5, 0.6) is 0 Å². The van der Waals surface area contributed by atoms with E-state index >= 15 is 0 Å². The molecule has 1 fully saturated rings. The number of morpholine rings is 1. The normalized spacial score (nSPS) is 26.8. The van der Waals surface area contributed by atoms with E-state index in [0.717, 1.165) is 13.2 Å². The van der Waals surface area contributed by atoms with E-state index in [1.807, 2.05) is 0 Å². The zero-order chi connectivity index (χ0) is 11.9. The number of rotatable bonds is 1. The van der Waals surface area contributed by atoms with Gasteiger partial charge >= 0.3 is 0 Å². The van der Waals surface area contributed by atoms with Gasteiger partial charge in [-0.25, -0.2) is 0 Å². The van der Waals surface area contributed by atoms with E-state index in [-0.39, 0.29) is 5.54 Å². The Morgan fingerprint density at radius 1 is 1.24 bits per heavy atom. The highest BCUT2D eigenvalue weighted by molar-refractivity contribution is 5.36.